The molecule has 2 rings (SSSR count). The number of piperidine rings is 1. The molecule has 82 valence electrons. The Labute approximate surface area is 90.7 Å². The summed E-state index contributed by atoms with van der Waals surface area (Å²) in [6.07, 6.45) is 2.35. The van der Waals surface area contributed by atoms with Crippen LogP contribution in [0.2, 0.25) is 0 Å². The molecule has 2 heteroatoms. The Balaban J connectivity index is 1.93. The zero-order valence-electron chi connectivity index (χ0n) is 9.17. The maximum atomic E-state index is 12.7. The van der Waals surface area contributed by atoms with Crippen LogP contribution in [0.5, 0.6) is 0 Å². The number of benzene rings is 1. The average Bonchev–Trinajstić information content (AvgIpc) is 2.22. The number of hydrogen-bond donors (Lipinski definition) is 1. The predicted molar refractivity (Wildman–Crippen MR) is 60.2 cm³/mol. The fraction of sp³-hybridized carbons (Fsp3) is 0.538. The average molecular weight is 207 g/mol. The van der Waals surface area contributed by atoms with Crippen LogP contribution in [0.1, 0.15) is 18.9 Å². The molecule has 1 aliphatic heterocycles. The van der Waals surface area contributed by atoms with E-state index in [1.807, 2.05) is 12.1 Å². The highest BCUT2D eigenvalue weighted by Crippen LogP contribution is 2.20. The van der Waals surface area contributed by atoms with E-state index in [4.69, 9.17) is 0 Å². The Kier molecular flexibility index (Phi) is 3.37. The minimum Gasteiger partial charge on any atom is -0.316 e. The van der Waals surface area contributed by atoms with Gasteiger partial charge in [0.2, 0.25) is 0 Å². The molecule has 0 aliphatic carbocycles. The molecule has 1 aliphatic rings. The van der Waals surface area contributed by atoms with Gasteiger partial charge in [-0.05, 0) is 55.5 Å². The molecule has 0 radical (unpaired) electrons. The molecule has 0 aromatic heterocycles. The molecule has 1 fully saturated rings. The van der Waals surface area contributed by atoms with Crippen LogP contribution in [-0.4, -0.2) is 13.1 Å². The Bertz CT molecular complexity index is 307. The summed E-state index contributed by atoms with van der Waals surface area (Å²) in [4.78, 5) is 0. The Morgan fingerprint density at radius 1 is 1.27 bits per heavy atom. The van der Waals surface area contributed by atoms with Crippen molar-refractivity contribution in [3.63, 3.8) is 0 Å². The fourth-order valence-electron chi connectivity index (χ4n) is 2.38. The van der Waals surface area contributed by atoms with E-state index in [0.29, 0.717) is 5.92 Å². The zero-order valence-corrected chi connectivity index (χ0v) is 9.17. The van der Waals surface area contributed by atoms with Crippen molar-refractivity contribution in [1.82, 2.24) is 5.32 Å². The van der Waals surface area contributed by atoms with Crippen LogP contribution < -0.4 is 5.32 Å². The SMILES string of the molecule is CC1CNCC(Cc2ccc(F)cc2)C1. The molecule has 0 saturated carbocycles. The Hall–Kier alpha value is -0.890. The topological polar surface area (TPSA) is 12.0 Å². The van der Waals surface area contributed by atoms with Gasteiger partial charge in [0.15, 0.2) is 0 Å². The van der Waals surface area contributed by atoms with Crippen LogP contribution in [0.4, 0.5) is 4.39 Å². The molecule has 1 nitrogen and oxygen atoms in total. The minimum absolute atomic E-state index is 0.145. The summed E-state index contributed by atoms with van der Waals surface area (Å²) in [6, 6.07) is 6.90. The van der Waals surface area contributed by atoms with Crippen molar-refractivity contribution in [3.05, 3.63) is 35.6 Å². The number of nitrogens with one attached hydrogen (secondary N) is 1. The molecule has 1 aromatic rings. The van der Waals surface area contributed by atoms with Crippen molar-refractivity contribution in [3.8, 4) is 0 Å². The first-order valence-corrected chi connectivity index (χ1v) is 5.69. The second-order valence-electron chi connectivity index (χ2n) is 4.70. The number of hydrogen-bond acceptors (Lipinski definition) is 1. The van der Waals surface area contributed by atoms with E-state index in [9.17, 15) is 4.39 Å². The second kappa shape index (κ2) is 4.75. The van der Waals surface area contributed by atoms with E-state index in [-0.39, 0.29) is 5.82 Å². The molecule has 1 aromatic carbocycles. The van der Waals surface area contributed by atoms with Gasteiger partial charge in [-0.3, -0.25) is 0 Å². The van der Waals surface area contributed by atoms with Crippen molar-refractivity contribution >= 4 is 0 Å². The van der Waals surface area contributed by atoms with Gasteiger partial charge in [0, 0.05) is 0 Å². The maximum absolute atomic E-state index is 12.7. The zero-order chi connectivity index (χ0) is 10.7. The van der Waals surface area contributed by atoms with Crippen LogP contribution in [0.25, 0.3) is 0 Å². The van der Waals surface area contributed by atoms with Crippen LogP contribution in [0.15, 0.2) is 24.3 Å². The van der Waals surface area contributed by atoms with Crippen molar-refractivity contribution in [2.24, 2.45) is 11.8 Å². The number of rotatable bonds is 2. The third-order valence-corrected chi connectivity index (χ3v) is 3.10. The summed E-state index contributed by atoms with van der Waals surface area (Å²) in [5, 5.41) is 3.44. The molecular weight excluding hydrogens is 189 g/mol. The third kappa shape index (κ3) is 3.03. The van der Waals surface area contributed by atoms with Gasteiger partial charge >= 0.3 is 0 Å². The van der Waals surface area contributed by atoms with E-state index in [1.54, 1.807) is 12.1 Å². The number of halogens is 1. The third-order valence-electron chi connectivity index (χ3n) is 3.10. The summed E-state index contributed by atoms with van der Waals surface area (Å²) >= 11 is 0. The molecule has 2 atom stereocenters. The van der Waals surface area contributed by atoms with Crippen molar-refractivity contribution in [2.45, 2.75) is 19.8 Å². The van der Waals surface area contributed by atoms with Crippen LogP contribution in [0.3, 0.4) is 0 Å². The summed E-state index contributed by atoms with van der Waals surface area (Å²) in [7, 11) is 0. The Morgan fingerprint density at radius 2 is 2.00 bits per heavy atom. The maximum Gasteiger partial charge on any atom is 0.123 e. The largest absolute Gasteiger partial charge is 0.316 e. The van der Waals surface area contributed by atoms with Crippen LogP contribution in [0, 0.1) is 17.7 Å². The van der Waals surface area contributed by atoms with Gasteiger partial charge in [-0.2, -0.15) is 0 Å². The molecule has 0 spiro atoms. The highest BCUT2D eigenvalue weighted by atomic mass is 19.1. The van der Waals surface area contributed by atoms with Gasteiger partial charge in [-0.1, -0.05) is 19.1 Å². The van der Waals surface area contributed by atoms with E-state index >= 15 is 0 Å². The molecule has 1 heterocycles. The lowest BCUT2D eigenvalue weighted by atomic mass is 9.87. The molecule has 15 heavy (non-hydrogen) atoms. The van der Waals surface area contributed by atoms with Gasteiger partial charge in [0.1, 0.15) is 5.82 Å². The summed E-state index contributed by atoms with van der Waals surface area (Å²) in [6.45, 7) is 4.52. The molecule has 1 N–H and O–H groups in total. The lowest BCUT2D eigenvalue weighted by Gasteiger charge is -2.27. The van der Waals surface area contributed by atoms with Gasteiger partial charge < -0.3 is 5.32 Å². The highest BCUT2D eigenvalue weighted by Gasteiger charge is 2.18. The van der Waals surface area contributed by atoms with Crippen LogP contribution >= 0.6 is 0 Å². The molecule has 0 amide bonds. The monoisotopic (exact) mass is 207 g/mol. The van der Waals surface area contributed by atoms with Gasteiger partial charge in [-0.25, -0.2) is 4.39 Å². The van der Waals surface area contributed by atoms with Crippen LogP contribution in [-0.2, 0) is 6.42 Å². The second-order valence-corrected chi connectivity index (χ2v) is 4.70. The van der Waals surface area contributed by atoms with E-state index in [0.717, 1.165) is 25.4 Å². The minimum atomic E-state index is -0.145. The summed E-state index contributed by atoms with van der Waals surface area (Å²) in [5.41, 5.74) is 1.25. The fourth-order valence-corrected chi connectivity index (χ4v) is 2.38. The quantitative estimate of drug-likeness (QED) is 0.786. The van der Waals surface area contributed by atoms with Crippen molar-refractivity contribution < 1.29 is 4.39 Å². The standard InChI is InChI=1S/C13H18FN/c1-10-6-12(9-15-8-10)7-11-2-4-13(14)5-3-11/h2-5,10,12,15H,6-9H2,1H3. The van der Waals surface area contributed by atoms with E-state index in [2.05, 4.69) is 12.2 Å². The highest BCUT2D eigenvalue weighted by molar-refractivity contribution is 5.16. The van der Waals surface area contributed by atoms with Gasteiger partial charge in [0.25, 0.3) is 0 Å². The molecule has 1 saturated heterocycles. The molecule has 0 bridgehead atoms. The normalized spacial score (nSPS) is 26.5. The first-order chi connectivity index (χ1) is 7.24. The van der Waals surface area contributed by atoms with E-state index in [1.165, 1.54) is 12.0 Å². The first kappa shape index (κ1) is 10.6. The van der Waals surface area contributed by atoms with Gasteiger partial charge in [-0.15, -0.1) is 0 Å². The van der Waals surface area contributed by atoms with Gasteiger partial charge in [0.05, 0.1) is 0 Å². The smallest absolute Gasteiger partial charge is 0.123 e. The van der Waals surface area contributed by atoms with Crippen molar-refractivity contribution in [2.75, 3.05) is 13.1 Å². The predicted octanol–water partition coefficient (Wildman–Crippen LogP) is 2.61. The lowest BCUT2D eigenvalue weighted by molar-refractivity contribution is 0.301. The van der Waals surface area contributed by atoms with Crippen molar-refractivity contribution in [1.29, 1.82) is 0 Å². The molecular formula is C13H18FN. The first-order valence-electron chi connectivity index (χ1n) is 5.69. The van der Waals surface area contributed by atoms with E-state index < -0.39 is 0 Å². The summed E-state index contributed by atoms with van der Waals surface area (Å²) in [5.74, 6) is 1.33. The Morgan fingerprint density at radius 3 is 2.67 bits per heavy atom. The lowest BCUT2D eigenvalue weighted by Crippen LogP contribution is -2.35. The summed E-state index contributed by atoms with van der Waals surface area (Å²) < 4.78 is 12.7. The molecule has 2 unspecified atom stereocenters.